The van der Waals surface area contributed by atoms with Crippen molar-refractivity contribution in [2.24, 2.45) is 5.41 Å². The van der Waals surface area contributed by atoms with Gasteiger partial charge in [0.2, 0.25) is 10.0 Å². The molecule has 0 unspecified atom stereocenters. The minimum Gasteiger partial charge on any atom is -0.398 e. The third-order valence-electron chi connectivity index (χ3n) is 4.85. The lowest BCUT2D eigenvalue weighted by atomic mass is 9.82. The number of hydrogen-bond donors (Lipinski definition) is 1. The van der Waals surface area contributed by atoms with Crippen molar-refractivity contribution in [3.63, 3.8) is 0 Å². The number of nitrogens with two attached hydrogens (primary N) is 1. The number of nitrogens with zero attached hydrogens (tertiary/aromatic N) is 1. The SMILES string of the molecule is CCC1(CC)CCN(S(=O)(=O)c2cccc(N)c2C)C1. The minimum absolute atomic E-state index is 0.140. The van der Waals surface area contributed by atoms with Gasteiger partial charge < -0.3 is 5.73 Å². The van der Waals surface area contributed by atoms with Crippen molar-refractivity contribution in [2.45, 2.75) is 44.9 Å². The summed E-state index contributed by atoms with van der Waals surface area (Å²) >= 11 is 0. The van der Waals surface area contributed by atoms with Crippen LogP contribution in [0.5, 0.6) is 0 Å². The van der Waals surface area contributed by atoms with E-state index >= 15 is 0 Å². The topological polar surface area (TPSA) is 63.4 Å². The highest BCUT2D eigenvalue weighted by atomic mass is 32.2. The first-order valence-corrected chi connectivity index (χ1v) is 8.65. The number of sulfonamides is 1. The van der Waals surface area contributed by atoms with E-state index < -0.39 is 10.0 Å². The highest BCUT2D eigenvalue weighted by Gasteiger charge is 2.41. The molecule has 2 rings (SSSR count). The largest absolute Gasteiger partial charge is 0.398 e. The Bertz CT molecular complexity index is 592. The van der Waals surface area contributed by atoms with Crippen LogP contribution in [0.2, 0.25) is 0 Å². The number of hydrogen-bond acceptors (Lipinski definition) is 3. The second-order valence-electron chi connectivity index (χ2n) is 5.77. The lowest BCUT2D eigenvalue weighted by molar-refractivity contribution is 0.279. The van der Waals surface area contributed by atoms with Gasteiger partial charge in [0, 0.05) is 18.8 Å². The molecule has 1 fully saturated rings. The molecule has 5 heteroatoms. The van der Waals surface area contributed by atoms with Crippen molar-refractivity contribution >= 4 is 15.7 Å². The summed E-state index contributed by atoms with van der Waals surface area (Å²) in [5, 5.41) is 0. The van der Waals surface area contributed by atoms with Gasteiger partial charge in [-0.05, 0) is 49.3 Å². The highest BCUT2D eigenvalue weighted by molar-refractivity contribution is 7.89. The Labute approximate surface area is 122 Å². The van der Waals surface area contributed by atoms with Crippen LogP contribution in [0.4, 0.5) is 5.69 Å². The van der Waals surface area contributed by atoms with E-state index in [2.05, 4.69) is 13.8 Å². The van der Waals surface area contributed by atoms with E-state index in [4.69, 9.17) is 5.73 Å². The van der Waals surface area contributed by atoms with Crippen molar-refractivity contribution in [3.8, 4) is 0 Å². The van der Waals surface area contributed by atoms with E-state index in [0.29, 0.717) is 29.2 Å². The van der Waals surface area contributed by atoms with Crippen molar-refractivity contribution < 1.29 is 8.42 Å². The Morgan fingerprint density at radius 2 is 1.95 bits per heavy atom. The van der Waals surface area contributed by atoms with Gasteiger partial charge in [0.1, 0.15) is 0 Å². The van der Waals surface area contributed by atoms with Gasteiger partial charge in [-0.25, -0.2) is 8.42 Å². The van der Waals surface area contributed by atoms with Gasteiger partial charge in [0.15, 0.2) is 0 Å². The van der Waals surface area contributed by atoms with Gasteiger partial charge >= 0.3 is 0 Å². The van der Waals surface area contributed by atoms with Crippen LogP contribution in [0.15, 0.2) is 23.1 Å². The molecule has 1 saturated heterocycles. The Morgan fingerprint density at radius 1 is 1.30 bits per heavy atom. The Morgan fingerprint density at radius 3 is 2.50 bits per heavy atom. The van der Waals surface area contributed by atoms with Crippen molar-refractivity contribution in [3.05, 3.63) is 23.8 Å². The fourth-order valence-electron chi connectivity index (χ4n) is 2.98. The molecule has 2 N–H and O–H groups in total. The first kappa shape index (κ1) is 15.3. The zero-order chi connectivity index (χ0) is 15.0. The summed E-state index contributed by atoms with van der Waals surface area (Å²) in [6.07, 6.45) is 2.98. The molecule has 1 aromatic carbocycles. The summed E-state index contributed by atoms with van der Waals surface area (Å²) in [7, 11) is -3.43. The Balaban J connectivity index is 2.36. The molecular formula is C15H24N2O2S. The molecule has 0 saturated carbocycles. The summed E-state index contributed by atoms with van der Waals surface area (Å²) in [6, 6.07) is 5.10. The van der Waals surface area contributed by atoms with E-state index in [0.717, 1.165) is 19.3 Å². The summed E-state index contributed by atoms with van der Waals surface area (Å²) < 4.78 is 27.2. The molecule has 20 heavy (non-hydrogen) atoms. The zero-order valence-electron chi connectivity index (χ0n) is 12.5. The van der Waals surface area contributed by atoms with E-state index in [-0.39, 0.29) is 5.41 Å². The van der Waals surface area contributed by atoms with E-state index in [1.165, 1.54) is 0 Å². The monoisotopic (exact) mass is 296 g/mol. The van der Waals surface area contributed by atoms with E-state index in [1.54, 1.807) is 29.4 Å². The average molecular weight is 296 g/mol. The number of anilines is 1. The van der Waals surface area contributed by atoms with Crippen molar-refractivity contribution in [1.29, 1.82) is 0 Å². The molecule has 112 valence electrons. The predicted molar refractivity (Wildman–Crippen MR) is 82.0 cm³/mol. The van der Waals surface area contributed by atoms with Gasteiger partial charge in [-0.3, -0.25) is 0 Å². The molecule has 1 aromatic rings. The summed E-state index contributed by atoms with van der Waals surface area (Å²) in [6.45, 7) is 7.29. The van der Waals surface area contributed by atoms with Crippen LogP contribution in [-0.4, -0.2) is 25.8 Å². The maximum atomic E-state index is 12.8. The molecule has 1 heterocycles. The van der Waals surface area contributed by atoms with Crippen LogP contribution < -0.4 is 5.73 Å². The number of rotatable bonds is 4. The highest BCUT2D eigenvalue weighted by Crippen LogP contribution is 2.39. The lowest BCUT2D eigenvalue weighted by Gasteiger charge is -2.26. The van der Waals surface area contributed by atoms with Gasteiger partial charge in [-0.2, -0.15) is 4.31 Å². The molecule has 0 radical (unpaired) electrons. The number of nitrogen functional groups attached to an aromatic ring is 1. The van der Waals surface area contributed by atoms with Crippen LogP contribution >= 0.6 is 0 Å². The van der Waals surface area contributed by atoms with Crippen LogP contribution in [0, 0.1) is 12.3 Å². The van der Waals surface area contributed by atoms with Crippen molar-refractivity contribution in [2.75, 3.05) is 18.8 Å². The molecule has 1 aliphatic rings. The molecule has 1 aliphatic heterocycles. The summed E-state index contributed by atoms with van der Waals surface area (Å²) in [4.78, 5) is 0.348. The van der Waals surface area contributed by atoms with Crippen LogP contribution in [0.1, 0.15) is 38.7 Å². The zero-order valence-corrected chi connectivity index (χ0v) is 13.3. The molecule has 4 nitrogen and oxygen atoms in total. The quantitative estimate of drug-likeness (QED) is 0.869. The minimum atomic E-state index is -3.43. The second kappa shape index (κ2) is 5.37. The van der Waals surface area contributed by atoms with Gasteiger partial charge in [-0.15, -0.1) is 0 Å². The normalized spacial score (nSPS) is 19.4. The molecular weight excluding hydrogens is 272 g/mol. The fraction of sp³-hybridized carbons (Fsp3) is 0.600. The molecule has 0 aromatic heterocycles. The fourth-order valence-corrected chi connectivity index (χ4v) is 4.79. The lowest BCUT2D eigenvalue weighted by Crippen LogP contribution is -2.32. The molecule has 0 atom stereocenters. The molecule has 0 bridgehead atoms. The second-order valence-corrected chi connectivity index (χ2v) is 7.67. The van der Waals surface area contributed by atoms with E-state index in [1.807, 2.05) is 0 Å². The standard InChI is InChI=1S/C15H24N2O2S/c1-4-15(5-2)9-10-17(11-15)20(18,19)14-8-6-7-13(16)12(14)3/h6-8H,4-5,9-11,16H2,1-3H3. The Kier molecular flexibility index (Phi) is 4.12. The average Bonchev–Trinajstić information content (AvgIpc) is 2.87. The van der Waals surface area contributed by atoms with Gasteiger partial charge in [-0.1, -0.05) is 19.9 Å². The first-order chi connectivity index (χ1) is 9.36. The summed E-state index contributed by atoms with van der Waals surface area (Å²) in [5.74, 6) is 0. The maximum Gasteiger partial charge on any atom is 0.243 e. The third-order valence-corrected chi connectivity index (χ3v) is 6.84. The predicted octanol–water partition coefficient (Wildman–Crippen LogP) is 2.78. The Hall–Kier alpha value is -1.07. The van der Waals surface area contributed by atoms with Crippen molar-refractivity contribution in [1.82, 2.24) is 4.31 Å². The third kappa shape index (κ3) is 2.44. The molecule has 0 spiro atoms. The van der Waals surface area contributed by atoms with Crippen LogP contribution in [0.25, 0.3) is 0 Å². The smallest absolute Gasteiger partial charge is 0.243 e. The maximum absolute atomic E-state index is 12.8. The summed E-state index contributed by atoms with van der Waals surface area (Å²) in [5.41, 5.74) is 7.16. The van der Waals surface area contributed by atoms with Crippen LogP contribution in [-0.2, 0) is 10.0 Å². The van der Waals surface area contributed by atoms with Crippen LogP contribution in [0.3, 0.4) is 0 Å². The first-order valence-electron chi connectivity index (χ1n) is 7.21. The van der Waals surface area contributed by atoms with E-state index in [9.17, 15) is 8.42 Å². The molecule has 0 amide bonds. The number of benzene rings is 1. The van der Waals surface area contributed by atoms with Gasteiger partial charge in [0.05, 0.1) is 4.90 Å². The molecule has 0 aliphatic carbocycles. The van der Waals surface area contributed by atoms with Gasteiger partial charge in [0.25, 0.3) is 0 Å².